The normalized spacial score (nSPS) is 18.9. The quantitative estimate of drug-likeness (QED) is 0.838. The second-order valence-electron chi connectivity index (χ2n) is 6.01. The van der Waals surface area contributed by atoms with Crippen molar-refractivity contribution in [2.45, 2.75) is 18.0 Å². The zero-order valence-electron chi connectivity index (χ0n) is 14.7. The van der Waals surface area contributed by atoms with Crippen LogP contribution in [0.3, 0.4) is 0 Å². The van der Waals surface area contributed by atoms with Gasteiger partial charge >= 0.3 is 10.1 Å². The van der Waals surface area contributed by atoms with Crippen molar-refractivity contribution in [3.8, 4) is 0 Å². The summed E-state index contributed by atoms with van der Waals surface area (Å²) in [6.07, 6.45) is 0.546. The maximum absolute atomic E-state index is 12.7. The van der Waals surface area contributed by atoms with Crippen molar-refractivity contribution >= 4 is 21.7 Å². The van der Waals surface area contributed by atoms with E-state index in [1.165, 1.54) is 18.2 Å². The third-order valence-electron chi connectivity index (χ3n) is 4.23. The number of hydrogen-bond donors (Lipinski definition) is 1. The Kier molecular flexibility index (Phi) is 4.84. The lowest BCUT2D eigenvalue weighted by atomic mass is 10.1. The minimum Gasteiger partial charge on any atom is -0.378 e. The number of likely N-dealkylation sites (N-methyl/N-ethyl adjacent to an activating group) is 1. The van der Waals surface area contributed by atoms with Gasteiger partial charge in [-0.05, 0) is 19.1 Å². The molecule has 1 aliphatic heterocycles. The van der Waals surface area contributed by atoms with Crippen molar-refractivity contribution in [1.82, 2.24) is 4.90 Å². The molecule has 0 bridgehead atoms. The maximum Gasteiger partial charge on any atom is 0.339 e. The highest BCUT2D eigenvalue weighted by atomic mass is 32.2. The minimum absolute atomic E-state index is 0.0645. The first-order chi connectivity index (χ1) is 12.3. The van der Waals surface area contributed by atoms with Gasteiger partial charge in [0.25, 0.3) is 0 Å². The zero-order valence-corrected chi connectivity index (χ0v) is 15.6. The molecule has 3 rings (SSSR count). The van der Waals surface area contributed by atoms with E-state index in [0.29, 0.717) is 17.0 Å². The first kappa shape index (κ1) is 18.2. The fourth-order valence-corrected chi connectivity index (χ4v) is 3.68. The van der Waals surface area contributed by atoms with Crippen molar-refractivity contribution in [3.63, 3.8) is 0 Å². The summed E-state index contributed by atoms with van der Waals surface area (Å²) >= 11 is 0. The van der Waals surface area contributed by atoms with E-state index < -0.39 is 16.3 Å². The van der Waals surface area contributed by atoms with Crippen LogP contribution in [0.4, 0.5) is 0 Å². The lowest BCUT2D eigenvalue weighted by Crippen LogP contribution is -2.29. The largest absolute Gasteiger partial charge is 0.378 e. The Labute approximate surface area is 153 Å². The van der Waals surface area contributed by atoms with Gasteiger partial charge in [0.2, 0.25) is 0 Å². The predicted molar refractivity (Wildman–Crippen MR) is 100.0 cm³/mol. The number of aryl methyl sites for hydroxylation is 1. The van der Waals surface area contributed by atoms with E-state index in [0.717, 1.165) is 5.56 Å². The molecule has 6 nitrogen and oxygen atoms in total. The van der Waals surface area contributed by atoms with E-state index in [4.69, 9.17) is 4.18 Å². The van der Waals surface area contributed by atoms with Gasteiger partial charge in [0, 0.05) is 31.3 Å². The maximum atomic E-state index is 12.7. The summed E-state index contributed by atoms with van der Waals surface area (Å²) in [6, 6.07) is 13.4. The van der Waals surface area contributed by atoms with Crippen LogP contribution >= 0.6 is 0 Å². The lowest BCUT2D eigenvalue weighted by Gasteiger charge is -2.24. The van der Waals surface area contributed by atoms with Gasteiger partial charge in [-0.3, -0.25) is 4.99 Å². The number of hydrogen-bond acceptors (Lipinski definition) is 5. The number of amidine groups is 1. The average Bonchev–Trinajstić information content (AvgIpc) is 2.72. The fraction of sp³-hybridized carbons (Fsp3) is 0.211. The number of benzene rings is 2. The van der Waals surface area contributed by atoms with Crippen molar-refractivity contribution in [2.24, 2.45) is 4.99 Å². The molecule has 0 aromatic heterocycles. The fourth-order valence-electron chi connectivity index (χ4n) is 2.74. The molecule has 26 heavy (non-hydrogen) atoms. The second kappa shape index (κ2) is 6.93. The van der Waals surface area contributed by atoms with Gasteiger partial charge in [0.05, 0.1) is 0 Å². The molecule has 0 saturated carbocycles. The van der Waals surface area contributed by atoms with E-state index in [1.54, 1.807) is 55.4 Å². The van der Waals surface area contributed by atoms with Gasteiger partial charge in [-0.1, -0.05) is 42.0 Å². The molecule has 2 aromatic rings. The smallest absolute Gasteiger partial charge is 0.339 e. The molecule has 0 aliphatic carbocycles. The minimum atomic E-state index is -4.03. The molecule has 136 valence electrons. The van der Waals surface area contributed by atoms with Crippen LogP contribution in [0, 0.1) is 6.92 Å². The van der Waals surface area contributed by atoms with Crippen LogP contribution in [0.5, 0.6) is 0 Å². The number of nitrogens with zero attached hydrogens (tertiary/aromatic N) is 2. The molecule has 1 heterocycles. The van der Waals surface area contributed by atoms with Crippen molar-refractivity contribution in [1.29, 1.82) is 0 Å². The number of rotatable bonds is 3. The molecule has 0 radical (unpaired) electrons. The van der Waals surface area contributed by atoms with Gasteiger partial charge in [0.1, 0.15) is 10.7 Å². The SMILES string of the molecule is CN=C1C=C(OS(=O)(=O)c2ccc(C)cc2)c2ccccc2C(O)N1C. The molecule has 1 unspecified atom stereocenters. The van der Waals surface area contributed by atoms with Gasteiger partial charge in [0.15, 0.2) is 12.0 Å². The third kappa shape index (κ3) is 3.36. The van der Waals surface area contributed by atoms with Crippen LogP contribution in [-0.4, -0.2) is 38.4 Å². The van der Waals surface area contributed by atoms with Crippen LogP contribution in [0.15, 0.2) is 64.5 Å². The van der Waals surface area contributed by atoms with Crippen molar-refractivity contribution in [2.75, 3.05) is 14.1 Å². The summed E-state index contributed by atoms with van der Waals surface area (Å²) in [4.78, 5) is 5.73. The lowest BCUT2D eigenvalue weighted by molar-refractivity contribution is 0.0701. The molecule has 0 amide bonds. The summed E-state index contributed by atoms with van der Waals surface area (Å²) in [5, 5.41) is 10.6. The van der Waals surface area contributed by atoms with Crippen molar-refractivity contribution < 1.29 is 17.7 Å². The van der Waals surface area contributed by atoms with Crippen molar-refractivity contribution in [3.05, 3.63) is 71.3 Å². The molecule has 0 spiro atoms. The highest BCUT2D eigenvalue weighted by Crippen LogP contribution is 2.33. The molecular formula is C19H20N2O4S. The molecule has 1 atom stereocenters. The monoisotopic (exact) mass is 372 g/mol. The number of aliphatic hydroxyl groups is 1. The van der Waals surface area contributed by atoms with E-state index in [2.05, 4.69) is 4.99 Å². The summed E-state index contributed by atoms with van der Waals surface area (Å²) in [6.45, 7) is 1.88. The first-order valence-electron chi connectivity index (χ1n) is 8.03. The predicted octanol–water partition coefficient (Wildman–Crippen LogP) is 2.71. The van der Waals surface area contributed by atoms with Crippen LogP contribution in [0.25, 0.3) is 5.76 Å². The van der Waals surface area contributed by atoms with Gasteiger partial charge in [-0.2, -0.15) is 8.42 Å². The van der Waals surface area contributed by atoms with Crippen LogP contribution in [-0.2, 0) is 14.3 Å². The molecule has 0 fully saturated rings. The summed E-state index contributed by atoms with van der Waals surface area (Å²) in [5.41, 5.74) is 1.99. The van der Waals surface area contributed by atoms with E-state index in [-0.39, 0.29) is 10.7 Å². The van der Waals surface area contributed by atoms with Crippen LogP contribution in [0.2, 0.25) is 0 Å². The van der Waals surface area contributed by atoms with Crippen LogP contribution < -0.4 is 0 Å². The average molecular weight is 372 g/mol. The Bertz CT molecular complexity index is 979. The summed E-state index contributed by atoms with van der Waals surface area (Å²) in [5.74, 6) is 0.521. The van der Waals surface area contributed by atoms with E-state index in [9.17, 15) is 13.5 Å². The highest BCUT2D eigenvalue weighted by molar-refractivity contribution is 7.87. The van der Waals surface area contributed by atoms with E-state index >= 15 is 0 Å². The number of aliphatic imine (C=N–C) groups is 1. The molecule has 0 saturated heterocycles. The van der Waals surface area contributed by atoms with Gasteiger partial charge in [-0.25, -0.2) is 0 Å². The highest BCUT2D eigenvalue weighted by Gasteiger charge is 2.28. The Morgan fingerprint density at radius 1 is 1.12 bits per heavy atom. The number of aliphatic hydroxyl groups excluding tert-OH is 1. The Morgan fingerprint density at radius 3 is 2.42 bits per heavy atom. The summed E-state index contributed by atoms with van der Waals surface area (Å²) in [7, 11) is -0.781. The third-order valence-corrected chi connectivity index (χ3v) is 5.48. The molecule has 2 aromatic carbocycles. The topological polar surface area (TPSA) is 79.2 Å². The zero-order chi connectivity index (χ0) is 18.9. The molecular weight excluding hydrogens is 352 g/mol. The first-order valence-corrected chi connectivity index (χ1v) is 9.44. The number of fused-ring (bicyclic) bond motifs is 1. The van der Waals surface area contributed by atoms with Gasteiger partial charge in [-0.15, -0.1) is 0 Å². The molecule has 7 heteroatoms. The Balaban J connectivity index is 2.10. The Morgan fingerprint density at radius 2 is 1.77 bits per heavy atom. The van der Waals surface area contributed by atoms with E-state index in [1.807, 2.05) is 6.92 Å². The van der Waals surface area contributed by atoms with Gasteiger partial charge < -0.3 is 14.2 Å². The summed E-state index contributed by atoms with van der Waals surface area (Å²) < 4.78 is 30.9. The van der Waals surface area contributed by atoms with Crippen LogP contribution in [0.1, 0.15) is 22.9 Å². The Hall–Kier alpha value is -2.64. The molecule has 1 N–H and O–H groups in total. The standard InChI is InChI=1S/C19H20N2O4S/c1-13-8-10-14(11-9-13)26(23,24)25-17-12-18(20-2)21(3)19(22)16-7-5-4-6-15(16)17/h4-12,19,22H,1-3H3. The second-order valence-corrected chi connectivity index (χ2v) is 7.56. The molecule has 1 aliphatic rings.